The number of aromatic nitrogens is 1. The number of nitrogens with zero attached hydrogens (tertiary/aromatic N) is 2. The molecule has 10 nitrogen and oxygen atoms in total. The second-order valence-electron chi connectivity index (χ2n) is 10.3. The average molecular weight is 521 g/mol. The minimum atomic E-state index is -3.13. The van der Waals surface area contributed by atoms with Gasteiger partial charge in [0.1, 0.15) is 0 Å². The Morgan fingerprint density at radius 1 is 1.19 bits per heavy atom. The molecule has 0 aliphatic carbocycles. The van der Waals surface area contributed by atoms with Crippen LogP contribution in [0, 0.1) is 0 Å². The highest BCUT2D eigenvalue weighted by molar-refractivity contribution is 7.90. The molecule has 1 aromatic heterocycles. The van der Waals surface area contributed by atoms with E-state index in [2.05, 4.69) is 15.5 Å². The lowest BCUT2D eigenvalue weighted by Crippen LogP contribution is -2.53. The van der Waals surface area contributed by atoms with Gasteiger partial charge in [-0.15, -0.1) is 0 Å². The van der Waals surface area contributed by atoms with Crippen molar-refractivity contribution in [1.29, 1.82) is 0 Å². The minimum absolute atomic E-state index is 0.00465. The van der Waals surface area contributed by atoms with Gasteiger partial charge in [0.15, 0.2) is 15.6 Å². The van der Waals surface area contributed by atoms with Crippen LogP contribution >= 0.6 is 0 Å². The number of carbonyl (C=O) groups excluding carboxylic acids is 1. The topological polar surface area (TPSA) is 130 Å². The van der Waals surface area contributed by atoms with Crippen LogP contribution in [0.5, 0.6) is 5.75 Å². The molecule has 4 atom stereocenters. The Labute approximate surface area is 211 Å². The van der Waals surface area contributed by atoms with Crippen molar-refractivity contribution in [3.05, 3.63) is 40.7 Å². The molecule has 0 radical (unpaired) electrons. The first-order chi connectivity index (χ1) is 17.0. The highest BCUT2D eigenvalue weighted by Gasteiger charge is 2.41. The van der Waals surface area contributed by atoms with Gasteiger partial charge >= 0.3 is 6.09 Å². The zero-order valence-corrected chi connectivity index (χ0v) is 21.8. The Bertz CT molecular complexity index is 1250. The maximum atomic E-state index is 13.0. The van der Waals surface area contributed by atoms with Crippen LogP contribution in [0.2, 0.25) is 0 Å². The summed E-state index contributed by atoms with van der Waals surface area (Å²) in [4.78, 5) is 28.0. The molecule has 2 aliphatic heterocycles. The van der Waals surface area contributed by atoms with E-state index in [9.17, 15) is 23.1 Å². The van der Waals surface area contributed by atoms with Crippen LogP contribution in [0.3, 0.4) is 0 Å². The summed E-state index contributed by atoms with van der Waals surface area (Å²) in [5.41, 5.74) is 0.454. The zero-order chi connectivity index (χ0) is 26.0. The van der Waals surface area contributed by atoms with Crippen LogP contribution < -0.4 is 20.9 Å². The smallest absolute Gasteiger partial charge is 0.404 e. The number of sulfone groups is 1. The lowest BCUT2D eigenvalue weighted by molar-refractivity contribution is 0.0530. The summed E-state index contributed by atoms with van der Waals surface area (Å²) in [7, 11) is -3.13. The fraction of sp³-hybridized carbons (Fsp3) is 0.600. The summed E-state index contributed by atoms with van der Waals surface area (Å²) in [5, 5.41) is 16.9. The number of hydrogen-bond acceptors (Lipinski definition) is 8. The van der Waals surface area contributed by atoms with Crippen LogP contribution in [-0.4, -0.2) is 78.5 Å². The van der Waals surface area contributed by atoms with Gasteiger partial charge in [0.2, 0.25) is 0 Å². The first kappa shape index (κ1) is 26.6. The summed E-state index contributed by atoms with van der Waals surface area (Å²) in [6.07, 6.45) is 3.23. The number of ether oxygens (including phenoxy) is 1. The Balaban J connectivity index is 1.35. The molecule has 0 spiro atoms. The summed E-state index contributed by atoms with van der Waals surface area (Å²) in [6, 6.07) is 9.39. The van der Waals surface area contributed by atoms with Gasteiger partial charge in [-0.1, -0.05) is 18.2 Å². The predicted octanol–water partition coefficient (Wildman–Crippen LogP) is 1.62. The van der Waals surface area contributed by atoms with Crippen molar-refractivity contribution >= 4 is 26.8 Å². The molecule has 2 aromatic rings. The van der Waals surface area contributed by atoms with Gasteiger partial charge < -0.3 is 25.0 Å². The van der Waals surface area contributed by atoms with Crippen LogP contribution in [0.15, 0.2) is 35.1 Å². The molecule has 11 heteroatoms. The number of piperidine rings is 1. The molecule has 4 rings (SSSR count). The van der Waals surface area contributed by atoms with Crippen LogP contribution in [0.25, 0.3) is 10.9 Å². The van der Waals surface area contributed by atoms with Gasteiger partial charge in [-0.05, 0) is 51.7 Å². The van der Waals surface area contributed by atoms with Crippen molar-refractivity contribution < 1.29 is 23.1 Å². The fourth-order valence-corrected chi connectivity index (χ4v) is 6.04. The number of carbonyl (C=O) groups is 1. The molecule has 3 N–H and O–H groups in total. The highest BCUT2D eigenvalue weighted by Crippen LogP contribution is 2.35. The second-order valence-corrected chi connectivity index (χ2v) is 12.4. The number of amides is 1. The number of benzene rings is 1. The highest BCUT2D eigenvalue weighted by atomic mass is 32.2. The van der Waals surface area contributed by atoms with Gasteiger partial charge in [0.25, 0.3) is 5.56 Å². The Morgan fingerprint density at radius 3 is 2.50 bits per heavy atom. The number of para-hydroxylation sites is 1. The third-order valence-electron chi connectivity index (χ3n) is 7.00. The van der Waals surface area contributed by atoms with Crippen molar-refractivity contribution in [1.82, 2.24) is 20.1 Å². The predicted molar refractivity (Wildman–Crippen MR) is 138 cm³/mol. The molecular formula is C25H36N4O6S. The maximum Gasteiger partial charge on any atom is 0.413 e. The SMILES string of the molecule is CC(C)n1c(=O)c(OC(=O)N[C@@H]2C[C@H]3CC[C@@H](C2)N3C[C@@H](O)CNCS(C)(=O)=O)cc2ccccc21. The molecule has 1 aromatic carbocycles. The van der Waals surface area contributed by atoms with E-state index in [0.717, 1.165) is 42.8 Å². The largest absolute Gasteiger partial charge is 0.413 e. The normalized spacial score (nSPS) is 23.2. The van der Waals surface area contributed by atoms with E-state index >= 15 is 0 Å². The summed E-state index contributed by atoms with van der Waals surface area (Å²) in [5.74, 6) is -0.158. The van der Waals surface area contributed by atoms with Gasteiger partial charge in [-0.2, -0.15) is 0 Å². The van der Waals surface area contributed by atoms with E-state index in [4.69, 9.17) is 4.74 Å². The van der Waals surface area contributed by atoms with E-state index in [-0.39, 0.29) is 47.9 Å². The first-order valence-electron chi connectivity index (χ1n) is 12.5. The maximum absolute atomic E-state index is 13.0. The van der Waals surface area contributed by atoms with Gasteiger partial charge in [-0.3, -0.25) is 9.69 Å². The molecule has 198 valence electrons. The minimum Gasteiger partial charge on any atom is -0.404 e. The van der Waals surface area contributed by atoms with Gasteiger partial charge in [-0.25, -0.2) is 13.2 Å². The molecule has 3 heterocycles. The summed E-state index contributed by atoms with van der Waals surface area (Å²) < 4.78 is 29.7. The first-order valence-corrected chi connectivity index (χ1v) is 14.5. The van der Waals surface area contributed by atoms with Crippen molar-refractivity contribution in [2.75, 3.05) is 25.2 Å². The molecule has 2 bridgehead atoms. The van der Waals surface area contributed by atoms with E-state index in [0.29, 0.717) is 6.54 Å². The third-order valence-corrected chi connectivity index (χ3v) is 7.73. The molecule has 0 saturated carbocycles. The number of pyridine rings is 1. The van der Waals surface area contributed by atoms with E-state index in [1.165, 1.54) is 0 Å². The van der Waals surface area contributed by atoms with Crippen LogP contribution in [-0.2, 0) is 9.84 Å². The molecule has 36 heavy (non-hydrogen) atoms. The Morgan fingerprint density at radius 2 is 1.86 bits per heavy atom. The van der Waals surface area contributed by atoms with Crippen LogP contribution in [0.4, 0.5) is 4.79 Å². The van der Waals surface area contributed by atoms with Gasteiger partial charge in [0, 0.05) is 48.9 Å². The lowest BCUT2D eigenvalue weighted by Gasteiger charge is -2.39. The number of aliphatic hydroxyl groups excluding tert-OH is 1. The quantitative estimate of drug-likeness (QED) is 0.455. The molecule has 2 saturated heterocycles. The standard InChI is InChI=1S/C25H36N4O6S/c1-16(2)29-22-7-5-4-6-17(22)10-23(24(29)31)35-25(32)27-18-11-19-8-9-20(12-18)28(19)14-21(30)13-26-15-36(3,33)34/h4-7,10,16,18-21,26,30H,8-9,11-15H2,1-3H3,(H,27,32)/t18-,19-,20+,21-/m0/s1. The zero-order valence-electron chi connectivity index (χ0n) is 21.0. The average Bonchev–Trinajstić information content (AvgIpc) is 3.00. The molecule has 2 aliphatic rings. The fourth-order valence-electron chi connectivity index (χ4n) is 5.55. The van der Waals surface area contributed by atoms with E-state index in [1.54, 1.807) is 10.6 Å². The van der Waals surface area contributed by atoms with Crippen molar-refractivity contribution in [3.8, 4) is 5.75 Å². The Kier molecular flexibility index (Phi) is 8.03. The molecular weight excluding hydrogens is 484 g/mol. The second kappa shape index (κ2) is 10.9. The number of fused-ring (bicyclic) bond motifs is 3. The lowest BCUT2D eigenvalue weighted by atomic mass is 9.97. The van der Waals surface area contributed by atoms with Crippen molar-refractivity contribution in [2.45, 2.75) is 69.8 Å². The van der Waals surface area contributed by atoms with Crippen molar-refractivity contribution in [2.24, 2.45) is 0 Å². The summed E-state index contributed by atoms with van der Waals surface area (Å²) in [6.45, 7) is 4.49. The number of hydrogen-bond donors (Lipinski definition) is 3. The third kappa shape index (κ3) is 6.26. The number of nitrogens with one attached hydrogen (secondary N) is 2. The van der Waals surface area contributed by atoms with Gasteiger partial charge in [0.05, 0.1) is 17.5 Å². The number of aliphatic hydroxyl groups is 1. The molecule has 1 amide bonds. The molecule has 0 unspecified atom stereocenters. The number of rotatable bonds is 9. The van der Waals surface area contributed by atoms with Crippen LogP contribution in [0.1, 0.15) is 45.6 Å². The Hall–Kier alpha value is -2.47. The van der Waals surface area contributed by atoms with Crippen molar-refractivity contribution in [3.63, 3.8) is 0 Å². The monoisotopic (exact) mass is 520 g/mol. The summed E-state index contributed by atoms with van der Waals surface area (Å²) >= 11 is 0. The molecule has 2 fully saturated rings. The van der Waals surface area contributed by atoms with E-state index < -0.39 is 22.0 Å². The van der Waals surface area contributed by atoms with E-state index in [1.807, 2.05) is 38.1 Å².